The zero-order chi connectivity index (χ0) is 16.3. The second kappa shape index (κ2) is 6.45. The fourth-order valence-corrected chi connectivity index (χ4v) is 3.19. The quantitative estimate of drug-likeness (QED) is 0.735. The molecule has 3 rings (SSSR count). The third-order valence-electron chi connectivity index (χ3n) is 4.47. The lowest BCUT2D eigenvalue weighted by Gasteiger charge is -2.43. The van der Waals surface area contributed by atoms with Crippen LogP contribution in [0.5, 0.6) is 11.5 Å². The molecule has 3 heteroatoms. The summed E-state index contributed by atoms with van der Waals surface area (Å²) < 4.78 is 11.1. The van der Waals surface area contributed by atoms with Gasteiger partial charge in [-0.1, -0.05) is 30.3 Å². The van der Waals surface area contributed by atoms with Gasteiger partial charge in [-0.2, -0.15) is 0 Å². The van der Waals surface area contributed by atoms with Gasteiger partial charge in [0.05, 0.1) is 12.0 Å². The predicted octanol–water partition coefficient (Wildman–Crippen LogP) is 4.93. The molecular weight excluding hydrogens is 288 g/mol. The van der Waals surface area contributed by atoms with Crippen LogP contribution < -0.4 is 4.74 Å². The van der Waals surface area contributed by atoms with E-state index in [0.717, 1.165) is 24.3 Å². The maximum atomic E-state index is 12.0. The van der Waals surface area contributed by atoms with Crippen LogP contribution in [0.2, 0.25) is 0 Å². The van der Waals surface area contributed by atoms with Gasteiger partial charge in [0.2, 0.25) is 0 Å². The summed E-state index contributed by atoms with van der Waals surface area (Å²) in [7, 11) is 0. The first-order chi connectivity index (χ1) is 11.1. The van der Waals surface area contributed by atoms with Gasteiger partial charge in [-0.25, -0.2) is 0 Å². The molecule has 2 aromatic carbocycles. The van der Waals surface area contributed by atoms with Gasteiger partial charge in [-0.3, -0.25) is 4.79 Å². The second-order valence-electron chi connectivity index (χ2n) is 6.37. The number of benzene rings is 2. The van der Waals surface area contributed by atoms with E-state index in [4.69, 9.17) is 9.47 Å². The lowest BCUT2D eigenvalue weighted by Crippen LogP contribution is -2.41. The van der Waals surface area contributed by atoms with Crippen molar-refractivity contribution in [3.05, 3.63) is 60.2 Å². The molecule has 0 saturated heterocycles. The summed E-state index contributed by atoms with van der Waals surface area (Å²) >= 11 is 0. The molecule has 0 spiro atoms. The van der Waals surface area contributed by atoms with Crippen molar-refractivity contribution in [1.29, 1.82) is 0 Å². The number of hydrogen-bond donors (Lipinski definition) is 0. The van der Waals surface area contributed by atoms with E-state index in [9.17, 15) is 4.79 Å². The van der Waals surface area contributed by atoms with Gasteiger partial charge in [0.25, 0.3) is 0 Å². The fourth-order valence-electron chi connectivity index (χ4n) is 3.19. The molecule has 0 atom stereocenters. The number of carbonyl (C=O) groups is 1. The highest BCUT2D eigenvalue weighted by atomic mass is 16.5. The lowest BCUT2D eigenvalue weighted by atomic mass is 9.61. The summed E-state index contributed by atoms with van der Waals surface area (Å²) in [6.07, 6.45) is 1.67. The molecule has 1 aliphatic carbocycles. The molecule has 1 aliphatic rings. The molecule has 0 amide bonds. The number of ether oxygens (including phenoxy) is 2. The van der Waals surface area contributed by atoms with Crippen LogP contribution in [-0.4, -0.2) is 12.6 Å². The molecule has 1 saturated carbocycles. The largest absolute Gasteiger partial charge is 0.466 e. The third-order valence-corrected chi connectivity index (χ3v) is 4.47. The van der Waals surface area contributed by atoms with Crippen molar-refractivity contribution in [2.24, 2.45) is 5.41 Å². The van der Waals surface area contributed by atoms with Crippen LogP contribution in [0.15, 0.2) is 54.6 Å². The number of para-hydroxylation sites is 1. The lowest BCUT2D eigenvalue weighted by molar-refractivity contribution is -0.160. The average molecular weight is 310 g/mol. The monoisotopic (exact) mass is 310 g/mol. The third kappa shape index (κ3) is 3.39. The zero-order valence-corrected chi connectivity index (χ0v) is 13.6. The minimum absolute atomic E-state index is 0.0760. The van der Waals surface area contributed by atoms with E-state index in [2.05, 4.69) is 12.1 Å². The van der Waals surface area contributed by atoms with Gasteiger partial charge < -0.3 is 9.47 Å². The van der Waals surface area contributed by atoms with Gasteiger partial charge >= 0.3 is 5.97 Å². The standard InChI is InChI=1S/C20H22O3/c1-3-22-19(21)20(2)13-16(14-20)15-8-7-11-18(12-15)23-17-9-5-4-6-10-17/h4-12,16H,3,13-14H2,1-2H3/t16-,20+. The second-order valence-corrected chi connectivity index (χ2v) is 6.37. The Hall–Kier alpha value is -2.29. The molecule has 0 unspecified atom stereocenters. The minimum atomic E-state index is -0.336. The smallest absolute Gasteiger partial charge is 0.311 e. The Balaban J connectivity index is 1.66. The molecule has 0 aliphatic heterocycles. The highest BCUT2D eigenvalue weighted by Crippen LogP contribution is 2.52. The summed E-state index contributed by atoms with van der Waals surface area (Å²) in [6, 6.07) is 17.9. The molecular formula is C20H22O3. The van der Waals surface area contributed by atoms with Crippen molar-refractivity contribution in [3.8, 4) is 11.5 Å². The molecule has 23 heavy (non-hydrogen) atoms. The molecule has 0 heterocycles. The van der Waals surface area contributed by atoms with Crippen LogP contribution in [0.1, 0.15) is 38.2 Å². The van der Waals surface area contributed by atoms with Gasteiger partial charge in [0, 0.05) is 0 Å². The fraction of sp³-hybridized carbons (Fsp3) is 0.350. The number of hydrogen-bond acceptors (Lipinski definition) is 3. The molecule has 0 N–H and O–H groups in total. The van der Waals surface area contributed by atoms with E-state index in [1.54, 1.807) is 0 Å². The van der Waals surface area contributed by atoms with Gasteiger partial charge in [0.15, 0.2) is 0 Å². The van der Waals surface area contributed by atoms with Crippen LogP contribution in [0, 0.1) is 5.41 Å². The van der Waals surface area contributed by atoms with Crippen LogP contribution in [0.25, 0.3) is 0 Å². The predicted molar refractivity (Wildman–Crippen MR) is 89.7 cm³/mol. The maximum Gasteiger partial charge on any atom is 0.311 e. The first-order valence-corrected chi connectivity index (χ1v) is 8.11. The number of rotatable bonds is 5. The SMILES string of the molecule is CCOC(=O)[C@]1(C)C[C@H](c2cccc(Oc3ccccc3)c2)C1. The van der Waals surface area contributed by atoms with Gasteiger partial charge in [-0.15, -0.1) is 0 Å². The van der Waals surface area contributed by atoms with E-state index in [0.29, 0.717) is 12.5 Å². The summed E-state index contributed by atoms with van der Waals surface area (Å²) in [5, 5.41) is 0. The Morgan fingerprint density at radius 1 is 1.09 bits per heavy atom. The first-order valence-electron chi connectivity index (χ1n) is 8.11. The van der Waals surface area contributed by atoms with Crippen molar-refractivity contribution in [2.75, 3.05) is 6.61 Å². The molecule has 0 radical (unpaired) electrons. The van der Waals surface area contributed by atoms with Crippen LogP contribution in [0.4, 0.5) is 0 Å². The maximum absolute atomic E-state index is 12.0. The van der Waals surface area contributed by atoms with Crippen molar-refractivity contribution < 1.29 is 14.3 Å². The summed E-state index contributed by atoms with van der Waals surface area (Å²) in [4.78, 5) is 12.0. The topological polar surface area (TPSA) is 35.5 Å². The number of carbonyl (C=O) groups excluding carboxylic acids is 1. The Morgan fingerprint density at radius 3 is 2.48 bits per heavy atom. The number of esters is 1. The first kappa shape index (κ1) is 15.6. The molecule has 2 aromatic rings. The van der Waals surface area contributed by atoms with Crippen molar-refractivity contribution in [1.82, 2.24) is 0 Å². The van der Waals surface area contributed by atoms with Crippen molar-refractivity contribution in [3.63, 3.8) is 0 Å². The van der Waals surface area contributed by atoms with E-state index >= 15 is 0 Å². The Morgan fingerprint density at radius 2 is 1.78 bits per heavy atom. The van der Waals surface area contributed by atoms with E-state index < -0.39 is 0 Å². The van der Waals surface area contributed by atoms with Crippen LogP contribution >= 0.6 is 0 Å². The van der Waals surface area contributed by atoms with Gasteiger partial charge in [-0.05, 0) is 62.4 Å². The summed E-state index contributed by atoms with van der Waals surface area (Å²) in [5.41, 5.74) is 0.886. The van der Waals surface area contributed by atoms with Crippen LogP contribution in [-0.2, 0) is 9.53 Å². The van der Waals surface area contributed by atoms with E-state index in [1.165, 1.54) is 5.56 Å². The molecule has 3 nitrogen and oxygen atoms in total. The Labute approximate surface area is 137 Å². The molecule has 120 valence electrons. The van der Waals surface area contributed by atoms with Crippen molar-refractivity contribution in [2.45, 2.75) is 32.6 Å². The van der Waals surface area contributed by atoms with Gasteiger partial charge in [0.1, 0.15) is 11.5 Å². The van der Waals surface area contributed by atoms with E-state index in [-0.39, 0.29) is 11.4 Å². The normalized spacial score (nSPS) is 23.0. The minimum Gasteiger partial charge on any atom is -0.466 e. The Bertz CT molecular complexity index is 672. The van der Waals surface area contributed by atoms with Crippen LogP contribution in [0.3, 0.4) is 0 Å². The molecule has 0 aromatic heterocycles. The highest BCUT2D eigenvalue weighted by Gasteiger charge is 2.47. The highest BCUT2D eigenvalue weighted by molar-refractivity contribution is 5.78. The summed E-state index contributed by atoms with van der Waals surface area (Å²) in [5.74, 6) is 1.98. The average Bonchev–Trinajstić information content (AvgIpc) is 2.53. The molecule has 1 fully saturated rings. The Kier molecular flexibility index (Phi) is 4.37. The van der Waals surface area contributed by atoms with Crippen molar-refractivity contribution >= 4 is 5.97 Å². The van der Waals surface area contributed by atoms with E-state index in [1.807, 2.05) is 56.3 Å². The molecule has 0 bridgehead atoms. The zero-order valence-electron chi connectivity index (χ0n) is 13.6. The summed E-state index contributed by atoms with van der Waals surface area (Å²) in [6.45, 7) is 4.28.